The van der Waals surface area contributed by atoms with Crippen molar-refractivity contribution in [1.29, 1.82) is 0 Å². The SMILES string of the molecule is Fc1cc(F)c(F)c(NC2CCOC2)c1. The minimum absolute atomic E-state index is 0.0827. The van der Waals surface area contributed by atoms with Crippen molar-refractivity contribution in [2.45, 2.75) is 12.5 Å². The van der Waals surface area contributed by atoms with E-state index in [1.807, 2.05) is 0 Å². The molecule has 0 amide bonds. The lowest BCUT2D eigenvalue weighted by Gasteiger charge is -2.13. The monoisotopic (exact) mass is 217 g/mol. The topological polar surface area (TPSA) is 21.3 Å². The lowest BCUT2D eigenvalue weighted by atomic mass is 10.2. The van der Waals surface area contributed by atoms with Gasteiger partial charge in [-0.3, -0.25) is 0 Å². The molecule has 1 aromatic rings. The molecule has 5 heteroatoms. The molecule has 0 spiro atoms. The van der Waals surface area contributed by atoms with Crippen molar-refractivity contribution in [1.82, 2.24) is 0 Å². The summed E-state index contributed by atoms with van der Waals surface area (Å²) in [6, 6.07) is 1.38. The lowest BCUT2D eigenvalue weighted by Crippen LogP contribution is -2.20. The van der Waals surface area contributed by atoms with Crippen LogP contribution in [0.15, 0.2) is 12.1 Å². The molecule has 0 aliphatic carbocycles. The van der Waals surface area contributed by atoms with Gasteiger partial charge < -0.3 is 10.1 Å². The zero-order valence-corrected chi connectivity index (χ0v) is 7.90. The normalized spacial score (nSPS) is 20.6. The van der Waals surface area contributed by atoms with Crippen molar-refractivity contribution >= 4 is 5.69 Å². The maximum Gasteiger partial charge on any atom is 0.182 e. The zero-order valence-electron chi connectivity index (χ0n) is 7.90. The molecule has 2 nitrogen and oxygen atoms in total. The molecule has 1 fully saturated rings. The van der Waals surface area contributed by atoms with Crippen LogP contribution in [-0.2, 0) is 4.74 Å². The van der Waals surface area contributed by atoms with E-state index in [1.165, 1.54) is 0 Å². The molecule has 0 saturated carbocycles. The Morgan fingerprint density at radius 2 is 2.07 bits per heavy atom. The fraction of sp³-hybridized carbons (Fsp3) is 0.400. The molecule has 0 radical (unpaired) electrons. The maximum absolute atomic E-state index is 13.2. The van der Waals surface area contributed by atoms with Crippen molar-refractivity contribution in [3.05, 3.63) is 29.6 Å². The molecule has 1 atom stereocenters. The van der Waals surface area contributed by atoms with Gasteiger partial charge in [-0.25, -0.2) is 13.2 Å². The fourth-order valence-electron chi connectivity index (χ4n) is 1.53. The summed E-state index contributed by atoms with van der Waals surface area (Å²) in [6.07, 6.45) is 0.706. The summed E-state index contributed by atoms with van der Waals surface area (Å²) in [5.41, 5.74) is -0.150. The second kappa shape index (κ2) is 4.10. The van der Waals surface area contributed by atoms with E-state index in [4.69, 9.17) is 4.74 Å². The summed E-state index contributed by atoms with van der Waals surface area (Å²) in [5.74, 6) is -3.03. The molecule has 1 saturated heterocycles. The zero-order chi connectivity index (χ0) is 10.8. The predicted molar refractivity (Wildman–Crippen MR) is 49.2 cm³/mol. The van der Waals surface area contributed by atoms with E-state index < -0.39 is 17.5 Å². The van der Waals surface area contributed by atoms with Gasteiger partial charge in [0.2, 0.25) is 0 Å². The van der Waals surface area contributed by atoms with Crippen LogP contribution in [0.3, 0.4) is 0 Å². The third kappa shape index (κ3) is 2.23. The van der Waals surface area contributed by atoms with Crippen LogP contribution >= 0.6 is 0 Å². The number of nitrogens with one attached hydrogen (secondary N) is 1. The van der Waals surface area contributed by atoms with E-state index in [0.29, 0.717) is 25.7 Å². The Morgan fingerprint density at radius 1 is 1.27 bits per heavy atom. The third-order valence-corrected chi connectivity index (χ3v) is 2.28. The van der Waals surface area contributed by atoms with E-state index in [9.17, 15) is 13.2 Å². The molecule has 2 rings (SSSR count). The van der Waals surface area contributed by atoms with Gasteiger partial charge in [0.15, 0.2) is 11.6 Å². The van der Waals surface area contributed by atoms with Gasteiger partial charge in [0.1, 0.15) is 5.82 Å². The Balaban J connectivity index is 2.19. The Hall–Kier alpha value is -1.23. The van der Waals surface area contributed by atoms with Crippen molar-refractivity contribution in [2.24, 2.45) is 0 Å². The van der Waals surface area contributed by atoms with Crippen molar-refractivity contribution < 1.29 is 17.9 Å². The van der Waals surface area contributed by atoms with Gasteiger partial charge in [0.25, 0.3) is 0 Å². The molecule has 0 aromatic heterocycles. The average Bonchev–Trinajstić information content (AvgIpc) is 2.66. The van der Waals surface area contributed by atoms with Gasteiger partial charge in [0.05, 0.1) is 18.3 Å². The van der Waals surface area contributed by atoms with Crippen LogP contribution in [0.1, 0.15) is 6.42 Å². The summed E-state index contributed by atoms with van der Waals surface area (Å²) >= 11 is 0. The number of hydrogen-bond donors (Lipinski definition) is 1. The van der Waals surface area contributed by atoms with E-state index in [0.717, 1.165) is 6.07 Å². The van der Waals surface area contributed by atoms with Crippen LogP contribution in [0, 0.1) is 17.5 Å². The number of halogens is 3. The molecule has 15 heavy (non-hydrogen) atoms. The van der Waals surface area contributed by atoms with Gasteiger partial charge in [-0.2, -0.15) is 0 Å². The molecular weight excluding hydrogens is 207 g/mol. The number of ether oxygens (including phenoxy) is 1. The molecular formula is C10H10F3NO. The van der Waals surface area contributed by atoms with Gasteiger partial charge >= 0.3 is 0 Å². The van der Waals surface area contributed by atoms with E-state index in [-0.39, 0.29) is 11.7 Å². The largest absolute Gasteiger partial charge is 0.379 e. The van der Waals surface area contributed by atoms with Crippen molar-refractivity contribution in [2.75, 3.05) is 18.5 Å². The number of rotatable bonds is 2. The Morgan fingerprint density at radius 3 is 2.73 bits per heavy atom. The standard InChI is InChI=1S/C10H10F3NO/c11-6-3-8(12)10(13)9(4-6)14-7-1-2-15-5-7/h3-4,7,14H,1-2,5H2. The second-order valence-corrected chi connectivity index (χ2v) is 3.45. The minimum Gasteiger partial charge on any atom is -0.379 e. The first kappa shape index (κ1) is 10.3. The minimum atomic E-state index is -1.18. The number of anilines is 1. The van der Waals surface area contributed by atoms with Gasteiger partial charge in [0, 0.05) is 18.7 Å². The number of benzene rings is 1. The summed E-state index contributed by atoms with van der Waals surface area (Å²) < 4.78 is 43.9. The molecule has 1 heterocycles. The van der Waals surface area contributed by atoms with Crippen LogP contribution in [-0.4, -0.2) is 19.3 Å². The maximum atomic E-state index is 13.2. The fourth-order valence-corrected chi connectivity index (χ4v) is 1.53. The van der Waals surface area contributed by atoms with Crippen LogP contribution in [0.4, 0.5) is 18.9 Å². The molecule has 1 aliphatic rings. The lowest BCUT2D eigenvalue weighted by molar-refractivity contribution is 0.195. The van der Waals surface area contributed by atoms with E-state index in [1.54, 1.807) is 0 Å². The van der Waals surface area contributed by atoms with Crippen LogP contribution < -0.4 is 5.32 Å². The van der Waals surface area contributed by atoms with Gasteiger partial charge in [-0.15, -0.1) is 0 Å². The molecule has 1 aliphatic heterocycles. The molecule has 1 N–H and O–H groups in total. The number of hydrogen-bond acceptors (Lipinski definition) is 2. The summed E-state index contributed by atoms with van der Waals surface area (Å²) in [7, 11) is 0. The second-order valence-electron chi connectivity index (χ2n) is 3.45. The predicted octanol–water partition coefficient (Wildman–Crippen LogP) is 2.30. The first-order chi connectivity index (χ1) is 7.16. The summed E-state index contributed by atoms with van der Waals surface area (Å²) in [6.45, 7) is 1.01. The first-order valence-corrected chi connectivity index (χ1v) is 4.65. The van der Waals surface area contributed by atoms with Crippen molar-refractivity contribution in [3.8, 4) is 0 Å². The Bertz CT molecular complexity index is 364. The van der Waals surface area contributed by atoms with E-state index >= 15 is 0 Å². The van der Waals surface area contributed by atoms with Crippen molar-refractivity contribution in [3.63, 3.8) is 0 Å². The highest BCUT2D eigenvalue weighted by Crippen LogP contribution is 2.21. The molecule has 1 unspecified atom stereocenters. The average molecular weight is 217 g/mol. The van der Waals surface area contributed by atoms with Crippen LogP contribution in [0.25, 0.3) is 0 Å². The Labute approximate surface area is 85.0 Å². The van der Waals surface area contributed by atoms with E-state index in [2.05, 4.69) is 5.32 Å². The smallest absolute Gasteiger partial charge is 0.182 e. The molecule has 82 valence electrons. The van der Waals surface area contributed by atoms with Crippen LogP contribution in [0.5, 0.6) is 0 Å². The highest BCUT2D eigenvalue weighted by molar-refractivity contribution is 5.46. The molecule has 0 bridgehead atoms. The third-order valence-electron chi connectivity index (χ3n) is 2.28. The first-order valence-electron chi connectivity index (χ1n) is 4.65. The van der Waals surface area contributed by atoms with Crippen LogP contribution in [0.2, 0.25) is 0 Å². The van der Waals surface area contributed by atoms with Gasteiger partial charge in [-0.1, -0.05) is 0 Å². The van der Waals surface area contributed by atoms with Gasteiger partial charge in [-0.05, 0) is 6.42 Å². The highest BCUT2D eigenvalue weighted by atomic mass is 19.2. The Kier molecular flexibility index (Phi) is 2.81. The highest BCUT2D eigenvalue weighted by Gasteiger charge is 2.18. The molecule has 1 aromatic carbocycles. The quantitative estimate of drug-likeness (QED) is 0.767. The summed E-state index contributed by atoms with van der Waals surface area (Å²) in [5, 5.41) is 2.71. The summed E-state index contributed by atoms with van der Waals surface area (Å²) in [4.78, 5) is 0.